The van der Waals surface area contributed by atoms with Crippen LogP contribution in [-0.2, 0) is 30.4 Å². The fraction of sp³-hybridized carbons (Fsp3) is 0.500. The van der Waals surface area contributed by atoms with Crippen LogP contribution in [0.3, 0.4) is 0 Å². The summed E-state index contributed by atoms with van der Waals surface area (Å²) in [4.78, 5) is 65.1. The molecular weight excluding hydrogens is 420 g/mol. The van der Waals surface area contributed by atoms with E-state index in [1.165, 1.54) is 12.5 Å². The highest BCUT2D eigenvalue weighted by Crippen LogP contribution is 2.03. The highest BCUT2D eigenvalue weighted by molar-refractivity contribution is 7.80. The van der Waals surface area contributed by atoms with E-state index in [1.807, 2.05) is 0 Å². The molecule has 3 unspecified atom stereocenters. The average molecular weight is 444 g/mol. The molecule has 0 aliphatic heterocycles. The lowest BCUT2D eigenvalue weighted by Gasteiger charge is -2.23. The molecule has 0 aliphatic carbocycles. The van der Waals surface area contributed by atoms with Gasteiger partial charge in [-0.3, -0.25) is 19.2 Å². The van der Waals surface area contributed by atoms with Crippen molar-refractivity contribution >= 4 is 42.3 Å². The normalized spacial score (nSPS) is 13.5. The number of aliphatic carboxylic acids is 2. The minimum absolute atomic E-state index is 0.0366. The molecular formula is C16H24N6O7S. The molecule has 8 N–H and O–H groups in total. The predicted molar refractivity (Wildman–Crippen MR) is 105 cm³/mol. The molecule has 3 amide bonds. The maximum Gasteiger partial charge on any atom is 0.326 e. The van der Waals surface area contributed by atoms with E-state index >= 15 is 0 Å². The lowest BCUT2D eigenvalue weighted by atomic mass is 10.1. The molecule has 1 heterocycles. The molecule has 166 valence electrons. The van der Waals surface area contributed by atoms with Crippen LogP contribution in [0.5, 0.6) is 0 Å². The molecule has 0 saturated heterocycles. The van der Waals surface area contributed by atoms with Crippen molar-refractivity contribution in [1.29, 1.82) is 0 Å². The maximum atomic E-state index is 12.6. The van der Waals surface area contributed by atoms with Gasteiger partial charge >= 0.3 is 11.9 Å². The minimum atomic E-state index is -1.45. The van der Waals surface area contributed by atoms with Gasteiger partial charge in [0, 0.05) is 30.5 Å². The standard InChI is InChI=1S/C16H24N6O7S/c17-4-12(23)20-10(3-8-5-18-7-19-8)14(26)22-11(6-30)15(27)21-9(16(28)29)1-2-13(24)25/h5,7,9-11,30H,1-4,6,17H2,(H,18,19)(H,20,23)(H,21,27)(H,22,26)(H,24,25)(H,28,29). The first kappa shape index (κ1) is 24.9. The van der Waals surface area contributed by atoms with E-state index in [2.05, 4.69) is 38.5 Å². The summed E-state index contributed by atoms with van der Waals surface area (Å²) in [6.45, 7) is -0.354. The third-order valence-electron chi connectivity index (χ3n) is 3.89. The highest BCUT2D eigenvalue weighted by atomic mass is 32.1. The summed E-state index contributed by atoms with van der Waals surface area (Å²) in [6, 6.07) is -3.77. The van der Waals surface area contributed by atoms with E-state index in [0.717, 1.165) is 0 Å². The molecule has 1 rings (SSSR count). The molecule has 30 heavy (non-hydrogen) atoms. The third-order valence-corrected chi connectivity index (χ3v) is 4.26. The number of rotatable bonds is 13. The van der Waals surface area contributed by atoms with Crippen LogP contribution in [0.1, 0.15) is 18.5 Å². The molecule has 14 heteroatoms. The summed E-state index contributed by atoms with van der Waals surface area (Å²) in [5, 5.41) is 24.8. The maximum absolute atomic E-state index is 12.6. The Kier molecular flexibility index (Phi) is 10.3. The first-order valence-electron chi connectivity index (χ1n) is 8.80. The lowest BCUT2D eigenvalue weighted by molar-refractivity contribution is -0.143. The molecule has 0 radical (unpaired) electrons. The van der Waals surface area contributed by atoms with Crippen LogP contribution in [0.2, 0.25) is 0 Å². The monoisotopic (exact) mass is 444 g/mol. The summed E-state index contributed by atoms with van der Waals surface area (Å²) < 4.78 is 0. The van der Waals surface area contributed by atoms with Gasteiger partial charge in [-0.25, -0.2) is 9.78 Å². The summed E-state index contributed by atoms with van der Waals surface area (Å²) in [6.07, 6.45) is 2.08. The van der Waals surface area contributed by atoms with Gasteiger partial charge in [0.05, 0.1) is 12.9 Å². The van der Waals surface area contributed by atoms with Crippen molar-refractivity contribution in [3.05, 3.63) is 18.2 Å². The summed E-state index contributed by atoms with van der Waals surface area (Å²) in [5.74, 6) is -4.99. The largest absolute Gasteiger partial charge is 0.481 e. The number of aromatic amines is 1. The van der Waals surface area contributed by atoms with Crippen molar-refractivity contribution in [2.75, 3.05) is 12.3 Å². The summed E-state index contributed by atoms with van der Waals surface area (Å²) in [7, 11) is 0. The third kappa shape index (κ3) is 8.48. The van der Waals surface area contributed by atoms with Crippen molar-refractivity contribution in [2.24, 2.45) is 5.73 Å². The first-order valence-corrected chi connectivity index (χ1v) is 9.44. The Morgan fingerprint density at radius 2 is 1.70 bits per heavy atom. The van der Waals surface area contributed by atoms with E-state index in [4.69, 9.17) is 15.9 Å². The number of H-pyrrole nitrogens is 1. The second-order valence-corrected chi connectivity index (χ2v) is 6.55. The zero-order chi connectivity index (χ0) is 22.7. The topological polar surface area (TPSA) is 217 Å². The number of nitrogens with zero attached hydrogens (tertiary/aromatic N) is 1. The van der Waals surface area contributed by atoms with Gasteiger partial charge in [0.15, 0.2) is 0 Å². The van der Waals surface area contributed by atoms with Gasteiger partial charge < -0.3 is 36.9 Å². The first-order chi connectivity index (χ1) is 14.2. The number of imidazole rings is 1. The van der Waals surface area contributed by atoms with E-state index in [9.17, 15) is 24.0 Å². The SMILES string of the molecule is NCC(=O)NC(Cc1cnc[nH]1)C(=O)NC(CS)C(=O)NC(CCC(=O)O)C(=O)O. The fourth-order valence-electron chi connectivity index (χ4n) is 2.34. The van der Waals surface area contributed by atoms with Crippen LogP contribution in [0.4, 0.5) is 0 Å². The Labute approximate surface area is 176 Å². The number of hydrogen-bond acceptors (Lipinski definition) is 8. The number of nitrogens with two attached hydrogens (primary N) is 1. The molecule has 1 aromatic rings. The van der Waals surface area contributed by atoms with E-state index in [-0.39, 0.29) is 25.1 Å². The van der Waals surface area contributed by atoms with Gasteiger partial charge in [-0.1, -0.05) is 0 Å². The van der Waals surface area contributed by atoms with Crippen molar-refractivity contribution in [3.8, 4) is 0 Å². The smallest absolute Gasteiger partial charge is 0.326 e. The number of carbonyl (C=O) groups excluding carboxylic acids is 3. The molecule has 3 atom stereocenters. The number of amides is 3. The molecule has 0 spiro atoms. The van der Waals surface area contributed by atoms with Crippen molar-refractivity contribution < 1.29 is 34.2 Å². The van der Waals surface area contributed by atoms with Crippen LogP contribution >= 0.6 is 12.6 Å². The number of thiol groups is 1. The zero-order valence-corrected chi connectivity index (χ0v) is 16.7. The average Bonchev–Trinajstić information content (AvgIpc) is 3.20. The lowest BCUT2D eigenvalue weighted by Crippen LogP contribution is -2.57. The fourth-order valence-corrected chi connectivity index (χ4v) is 2.60. The number of hydrogen-bond donors (Lipinski definition) is 8. The highest BCUT2D eigenvalue weighted by Gasteiger charge is 2.29. The van der Waals surface area contributed by atoms with Crippen LogP contribution in [0.25, 0.3) is 0 Å². The van der Waals surface area contributed by atoms with Crippen LogP contribution in [0, 0.1) is 0 Å². The molecule has 0 fully saturated rings. The Balaban J connectivity index is 2.82. The van der Waals surface area contributed by atoms with Gasteiger partial charge in [0.25, 0.3) is 0 Å². The molecule has 0 aliphatic rings. The van der Waals surface area contributed by atoms with Gasteiger partial charge in [-0.2, -0.15) is 12.6 Å². The minimum Gasteiger partial charge on any atom is -0.481 e. The van der Waals surface area contributed by atoms with E-state index < -0.39 is 54.2 Å². The molecule has 1 aromatic heterocycles. The van der Waals surface area contributed by atoms with Crippen molar-refractivity contribution in [3.63, 3.8) is 0 Å². The van der Waals surface area contributed by atoms with Crippen LogP contribution in [-0.4, -0.2) is 80.3 Å². The Morgan fingerprint density at radius 3 is 2.20 bits per heavy atom. The Hall–Kier alpha value is -3.13. The van der Waals surface area contributed by atoms with Crippen LogP contribution in [0.15, 0.2) is 12.5 Å². The summed E-state index contributed by atoms with van der Waals surface area (Å²) >= 11 is 3.99. The zero-order valence-electron chi connectivity index (χ0n) is 15.8. The van der Waals surface area contributed by atoms with E-state index in [1.54, 1.807) is 0 Å². The van der Waals surface area contributed by atoms with Crippen molar-refractivity contribution in [2.45, 2.75) is 37.4 Å². The second kappa shape index (κ2) is 12.4. The second-order valence-electron chi connectivity index (χ2n) is 6.18. The van der Waals surface area contributed by atoms with Gasteiger partial charge in [0.1, 0.15) is 18.1 Å². The van der Waals surface area contributed by atoms with E-state index in [0.29, 0.717) is 5.69 Å². The Bertz CT molecular complexity index is 757. The molecule has 0 saturated carbocycles. The predicted octanol–water partition coefficient (Wildman–Crippen LogP) is -2.76. The number of carboxylic acids is 2. The molecule has 0 aromatic carbocycles. The number of aromatic nitrogens is 2. The number of carbonyl (C=O) groups is 5. The van der Waals surface area contributed by atoms with Gasteiger partial charge in [-0.05, 0) is 6.42 Å². The number of carboxylic acid groups (broad SMARTS) is 2. The van der Waals surface area contributed by atoms with Crippen LogP contribution < -0.4 is 21.7 Å². The molecule has 13 nitrogen and oxygen atoms in total. The van der Waals surface area contributed by atoms with Crippen molar-refractivity contribution in [1.82, 2.24) is 25.9 Å². The van der Waals surface area contributed by atoms with Gasteiger partial charge in [0.2, 0.25) is 17.7 Å². The van der Waals surface area contributed by atoms with Gasteiger partial charge in [-0.15, -0.1) is 0 Å². The Morgan fingerprint density at radius 1 is 1.07 bits per heavy atom. The number of nitrogens with one attached hydrogen (secondary N) is 4. The molecule has 0 bridgehead atoms. The quantitative estimate of drug-likeness (QED) is 0.148. The summed E-state index contributed by atoms with van der Waals surface area (Å²) in [5.41, 5.74) is 5.81.